The van der Waals surface area contributed by atoms with Crippen molar-refractivity contribution in [3.8, 4) is 0 Å². The second-order valence-corrected chi connectivity index (χ2v) is 7.96. The van der Waals surface area contributed by atoms with Crippen LogP contribution in [0.3, 0.4) is 0 Å². The van der Waals surface area contributed by atoms with E-state index in [1.807, 2.05) is 6.07 Å². The molecule has 0 radical (unpaired) electrons. The maximum absolute atomic E-state index is 13.1. The number of carbonyl (C=O) groups is 2. The summed E-state index contributed by atoms with van der Waals surface area (Å²) in [7, 11) is 0. The van der Waals surface area contributed by atoms with Crippen molar-refractivity contribution in [3.63, 3.8) is 0 Å². The first-order chi connectivity index (χ1) is 12.7. The van der Waals surface area contributed by atoms with Crippen molar-refractivity contribution in [2.45, 2.75) is 63.6 Å². The number of hydrogen-bond acceptors (Lipinski definition) is 3. The molecule has 2 amide bonds. The molecular weight excluding hydrogens is 326 g/mol. The highest BCUT2D eigenvalue weighted by Gasteiger charge is 2.45. The zero-order valence-electron chi connectivity index (χ0n) is 15.0. The summed E-state index contributed by atoms with van der Waals surface area (Å²) in [6.45, 7) is 1.59. The van der Waals surface area contributed by atoms with Gasteiger partial charge in [-0.25, -0.2) is 0 Å². The number of para-hydroxylation sites is 1. The number of benzene rings is 1. The summed E-state index contributed by atoms with van der Waals surface area (Å²) < 4.78 is 0. The lowest BCUT2D eigenvalue weighted by Crippen LogP contribution is -2.47. The smallest absolute Gasteiger partial charge is 0.247 e. The van der Waals surface area contributed by atoms with Gasteiger partial charge in [0.1, 0.15) is 0 Å². The number of rotatable bonds is 2. The highest BCUT2D eigenvalue weighted by atomic mass is 16.2. The molecule has 3 aliphatic rings. The molecule has 2 fully saturated rings. The van der Waals surface area contributed by atoms with Gasteiger partial charge in [0.15, 0.2) is 0 Å². The fraction of sp³-hybridized carbons (Fsp3) is 0.524. The second kappa shape index (κ2) is 6.23. The molecule has 1 saturated carbocycles. The molecule has 1 N–H and O–H groups in total. The molecule has 1 saturated heterocycles. The van der Waals surface area contributed by atoms with Crippen molar-refractivity contribution in [2.75, 3.05) is 6.54 Å². The molecule has 0 spiro atoms. The van der Waals surface area contributed by atoms with Crippen LogP contribution in [0.25, 0.3) is 10.9 Å². The molecule has 5 heteroatoms. The molecule has 136 valence electrons. The van der Waals surface area contributed by atoms with E-state index in [1.54, 1.807) is 4.90 Å². The third kappa shape index (κ3) is 2.49. The lowest BCUT2D eigenvalue weighted by Gasteiger charge is -2.33. The molecule has 2 aromatic rings. The Labute approximate surface area is 153 Å². The number of likely N-dealkylation sites (tertiary alicyclic amines) is 1. The van der Waals surface area contributed by atoms with E-state index in [1.165, 1.54) is 23.1 Å². The van der Waals surface area contributed by atoms with Crippen LogP contribution < -0.4 is 0 Å². The fourth-order valence-electron chi connectivity index (χ4n) is 5.10. The molecule has 26 heavy (non-hydrogen) atoms. The van der Waals surface area contributed by atoms with Crippen LogP contribution in [0.15, 0.2) is 24.3 Å². The monoisotopic (exact) mass is 351 g/mol. The van der Waals surface area contributed by atoms with E-state index in [0.29, 0.717) is 6.42 Å². The maximum Gasteiger partial charge on any atom is 0.247 e. The zero-order chi connectivity index (χ0) is 17.7. The van der Waals surface area contributed by atoms with E-state index in [9.17, 15) is 9.59 Å². The van der Waals surface area contributed by atoms with Crippen molar-refractivity contribution in [2.24, 2.45) is 0 Å². The average Bonchev–Trinajstić information content (AvgIpc) is 3.19. The summed E-state index contributed by atoms with van der Waals surface area (Å²) in [5, 5.41) is 1.24. The van der Waals surface area contributed by atoms with E-state index in [4.69, 9.17) is 0 Å². The Hall–Kier alpha value is -2.14. The van der Waals surface area contributed by atoms with E-state index < -0.39 is 0 Å². The maximum atomic E-state index is 13.1. The van der Waals surface area contributed by atoms with Crippen LogP contribution >= 0.6 is 0 Å². The van der Waals surface area contributed by atoms with Crippen molar-refractivity contribution in [1.82, 2.24) is 14.8 Å². The van der Waals surface area contributed by atoms with Crippen LogP contribution in [-0.4, -0.2) is 45.2 Å². The number of aromatic nitrogens is 1. The van der Waals surface area contributed by atoms with E-state index in [2.05, 4.69) is 28.1 Å². The zero-order valence-corrected chi connectivity index (χ0v) is 15.0. The van der Waals surface area contributed by atoms with Crippen LogP contribution in [-0.2, 0) is 22.6 Å². The standard InChI is InChI=1S/C21H25N3O2/c25-20-12-19(21(26)24(20)14-6-2-1-3-7-14)23-11-10-18-16(13-23)15-8-4-5-9-17(15)22-18/h4-5,8-9,14,19,22H,1-3,6-7,10-13H2. The normalized spacial score (nSPS) is 25.2. The van der Waals surface area contributed by atoms with Gasteiger partial charge in [-0.05, 0) is 24.5 Å². The number of aromatic amines is 1. The molecule has 3 heterocycles. The molecule has 1 atom stereocenters. The Kier molecular flexibility index (Phi) is 3.85. The first-order valence-electron chi connectivity index (χ1n) is 9.91. The predicted octanol–water partition coefficient (Wildman–Crippen LogP) is 2.99. The van der Waals surface area contributed by atoms with E-state index in [0.717, 1.165) is 50.7 Å². The van der Waals surface area contributed by atoms with Gasteiger partial charge in [-0.1, -0.05) is 37.5 Å². The molecule has 1 aliphatic carbocycles. The van der Waals surface area contributed by atoms with Crippen molar-refractivity contribution in [3.05, 3.63) is 35.5 Å². The molecule has 1 aromatic carbocycles. The SMILES string of the molecule is O=C1CC(N2CCc3[nH]c4ccccc4c3C2)C(=O)N1C1CCCCC1. The summed E-state index contributed by atoms with van der Waals surface area (Å²) in [6, 6.07) is 8.22. The summed E-state index contributed by atoms with van der Waals surface area (Å²) in [6.07, 6.45) is 6.72. The van der Waals surface area contributed by atoms with Crippen molar-refractivity contribution < 1.29 is 9.59 Å². The van der Waals surface area contributed by atoms with E-state index >= 15 is 0 Å². The van der Waals surface area contributed by atoms with Gasteiger partial charge < -0.3 is 4.98 Å². The Morgan fingerprint density at radius 3 is 2.69 bits per heavy atom. The van der Waals surface area contributed by atoms with Gasteiger partial charge in [0, 0.05) is 42.1 Å². The largest absolute Gasteiger partial charge is 0.358 e. The van der Waals surface area contributed by atoms with Crippen LogP contribution in [0.1, 0.15) is 49.8 Å². The minimum Gasteiger partial charge on any atom is -0.358 e. The molecular formula is C21H25N3O2. The van der Waals surface area contributed by atoms with Crippen molar-refractivity contribution in [1.29, 1.82) is 0 Å². The lowest BCUT2D eigenvalue weighted by molar-refractivity contribution is -0.143. The number of imide groups is 1. The highest BCUT2D eigenvalue weighted by Crippen LogP contribution is 2.33. The number of fused-ring (bicyclic) bond motifs is 3. The molecule has 5 rings (SSSR count). The van der Waals surface area contributed by atoms with Gasteiger partial charge in [-0.3, -0.25) is 19.4 Å². The molecule has 2 aliphatic heterocycles. The fourth-order valence-corrected chi connectivity index (χ4v) is 5.10. The van der Waals surface area contributed by atoms with Crippen molar-refractivity contribution >= 4 is 22.7 Å². The number of carbonyl (C=O) groups excluding carboxylic acids is 2. The minimum absolute atomic E-state index is 0.0385. The molecule has 5 nitrogen and oxygen atoms in total. The van der Waals surface area contributed by atoms with Gasteiger partial charge in [0.25, 0.3) is 0 Å². The summed E-state index contributed by atoms with van der Waals surface area (Å²) in [4.78, 5) is 33.1. The number of hydrogen-bond donors (Lipinski definition) is 1. The first kappa shape index (κ1) is 16.1. The third-order valence-electron chi connectivity index (χ3n) is 6.45. The molecule has 1 unspecified atom stereocenters. The number of H-pyrrole nitrogens is 1. The van der Waals surface area contributed by atoms with Gasteiger partial charge in [0.05, 0.1) is 12.5 Å². The topological polar surface area (TPSA) is 56.4 Å². The summed E-state index contributed by atoms with van der Waals surface area (Å²) in [5.74, 6) is 0.0850. The van der Waals surface area contributed by atoms with Gasteiger partial charge in [-0.2, -0.15) is 0 Å². The van der Waals surface area contributed by atoms with Gasteiger partial charge in [0.2, 0.25) is 11.8 Å². The van der Waals surface area contributed by atoms with Gasteiger partial charge in [-0.15, -0.1) is 0 Å². The Bertz CT molecular complexity index is 865. The molecule has 0 bridgehead atoms. The quantitative estimate of drug-likeness (QED) is 0.846. The van der Waals surface area contributed by atoms with Crippen LogP contribution in [0, 0.1) is 0 Å². The van der Waals surface area contributed by atoms with E-state index in [-0.39, 0.29) is 23.9 Å². The lowest BCUT2D eigenvalue weighted by atomic mass is 9.94. The predicted molar refractivity (Wildman–Crippen MR) is 99.5 cm³/mol. The summed E-state index contributed by atoms with van der Waals surface area (Å²) >= 11 is 0. The van der Waals surface area contributed by atoms with Crippen LogP contribution in [0.4, 0.5) is 0 Å². The first-order valence-corrected chi connectivity index (χ1v) is 9.91. The number of nitrogens with zero attached hydrogens (tertiary/aromatic N) is 2. The Morgan fingerprint density at radius 1 is 1.04 bits per heavy atom. The van der Waals surface area contributed by atoms with Crippen LogP contribution in [0.5, 0.6) is 0 Å². The minimum atomic E-state index is -0.272. The molecule has 1 aromatic heterocycles. The van der Waals surface area contributed by atoms with Gasteiger partial charge >= 0.3 is 0 Å². The summed E-state index contributed by atoms with van der Waals surface area (Å²) in [5.41, 5.74) is 3.74. The Morgan fingerprint density at radius 2 is 1.85 bits per heavy atom. The number of amides is 2. The Balaban J connectivity index is 1.39. The highest BCUT2D eigenvalue weighted by molar-refractivity contribution is 6.06. The average molecular weight is 351 g/mol. The van der Waals surface area contributed by atoms with Crippen LogP contribution in [0.2, 0.25) is 0 Å². The third-order valence-corrected chi connectivity index (χ3v) is 6.45. The number of nitrogens with one attached hydrogen (secondary N) is 1. The second-order valence-electron chi connectivity index (χ2n) is 7.96.